The molecule has 2 saturated carbocycles. The first-order valence-electron chi connectivity index (χ1n) is 10.2. The van der Waals surface area contributed by atoms with E-state index in [2.05, 4.69) is 39.8 Å². The molecular formula is C23H32O3. The summed E-state index contributed by atoms with van der Waals surface area (Å²) in [4.78, 5) is 24.8. The van der Waals surface area contributed by atoms with E-state index in [0.29, 0.717) is 17.8 Å². The molecule has 0 amide bonds. The van der Waals surface area contributed by atoms with E-state index in [1.807, 2.05) is 6.08 Å². The quantitative estimate of drug-likeness (QED) is 0.810. The number of hydrogen-bond donors (Lipinski definition) is 1. The Morgan fingerprint density at radius 1 is 1.15 bits per heavy atom. The summed E-state index contributed by atoms with van der Waals surface area (Å²) in [5.41, 5.74) is 0.993. The van der Waals surface area contributed by atoms with E-state index in [1.165, 1.54) is 5.57 Å². The van der Waals surface area contributed by atoms with Crippen LogP contribution in [0.2, 0.25) is 0 Å². The van der Waals surface area contributed by atoms with Crippen LogP contribution in [0.25, 0.3) is 0 Å². The Morgan fingerprint density at radius 2 is 1.88 bits per heavy atom. The Kier molecular flexibility index (Phi) is 3.94. The zero-order chi connectivity index (χ0) is 18.9. The largest absolute Gasteiger partial charge is 0.389 e. The Morgan fingerprint density at radius 3 is 2.58 bits per heavy atom. The molecule has 0 saturated heterocycles. The molecule has 0 aromatic carbocycles. The normalized spacial score (nSPS) is 46.2. The van der Waals surface area contributed by atoms with Crippen LogP contribution in [0.15, 0.2) is 23.8 Å². The Hall–Kier alpha value is -1.22. The molecule has 0 spiro atoms. The molecule has 6 atom stereocenters. The predicted molar refractivity (Wildman–Crippen MR) is 101 cm³/mol. The van der Waals surface area contributed by atoms with Crippen LogP contribution in [-0.2, 0) is 9.59 Å². The van der Waals surface area contributed by atoms with Crippen molar-refractivity contribution in [2.45, 2.75) is 59.8 Å². The summed E-state index contributed by atoms with van der Waals surface area (Å²) in [5, 5.41) is 9.41. The lowest BCUT2D eigenvalue weighted by Gasteiger charge is -2.57. The second-order valence-corrected chi connectivity index (χ2v) is 10.4. The first kappa shape index (κ1) is 18.2. The summed E-state index contributed by atoms with van der Waals surface area (Å²) in [7, 11) is 0. The molecular weight excluding hydrogens is 324 g/mol. The standard InChI is InChI=1S/C23H32O3/c1-21(2)13-23(4)14(11-20(21)26)5-6-15-16-7-8-18(19(25)12-24)22(16,3)10-9-17(15)23/h5-6,11,15-18,24H,7-10,12-13H2,1-4H3/t15-,16-,17-,18+,22-,23-/m0/s1. The van der Waals surface area contributed by atoms with Gasteiger partial charge in [-0.25, -0.2) is 0 Å². The monoisotopic (exact) mass is 356 g/mol. The highest BCUT2D eigenvalue weighted by Gasteiger charge is 2.60. The lowest BCUT2D eigenvalue weighted by Crippen LogP contribution is -2.51. The maximum Gasteiger partial charge on any atom is 0.161 e. The number of carbonyl (C=O) groups excluding carboxylic acids is 2. The molecule has 1 N–H and O–H groups in total. The lowest BCUT2D eigenvalue weighted by atomic mass is 9.46. The van der Waals surface area contributed by atoms with E-state index >= 15 is 0 Å². The average molecular weight is 357 g/mol. The van der Waals surface area contributed by atoms with E-state index < -0.39 is 0 Å². The second kappa shape index (κ2) is 5.64. The summed E-state index contributed by atoms with van der Waals surface area (Å²) in [6, 6.07) is 0. The maximum atomic E-state index is 12.5. The molecule has 3 heteroatoms. The van der Waals surface area contributed by atoms with Gasteiger partial charge in [-0.3, -0.25) is 9.59 Å². The minimum absolute atomic E-state index is 0.0148. The fourth-order valence-electron chi connectivity index (χ4n) is 7.25. The number of carbonyl (C=O) groups is 2. The number of hydrogen-bond acceptors (Lipinski definition) is 3. The third-order valence-electron chi connectivity index (χ3n) is 8.62. The van der Waals surface area contributed by atoms with Crippen molar-refractivity contribution in [1.29, 1.82) is 0 Å². The number of aliphatic hydroxyl groups excluding tert-OH is 1. The predicted octanol–water partition coefficient (Wildman–Crippen LogP) is 4.11. The summed E-state index contributed by atoms with van der Waals surface area (Å²) >= 11 is 0. The molecule has 4 aliphatic carbocycles. The van der Waals surface area contributed by atoms with Crippen LogP contribution in [-0.4, -0.2) is 23.3 Å². The van der Waals surface area contributed by atoms with Crippen LogP contribution in [0.1, 0.15) is 59.8 Å². The van der Waals surface area contributed by atoms with Crippen LogP contribution in [0.5, 0.6) is 0 Å². The van der Waals surface area contributed by atoms with Crippen molar-refractivity contribution in [3.63, 3.8) is 0 Å². The van der Waals surface area contributed by atoms with Crippen LogP contribution in [0.3, 0.4) is 0 Å². The van der Waals surface area contributed by atoms with E-state index in [0.717, 1.165) is 32.1 Å². The van der Waals surface area contributed by atoms with E-state index in [-0.39, 0.29) is 40.3 Å². The zero-order valence-corrected chi connectivity index (χ0v) is 16.5. The van der Waals surface area contributed by atoms with Gasteiger partial charge in [0.15, 0.2) is 11.6 Å². The van der Waals surface area contributed by atoms with Crippen molar-refractivity contribution in [1.82, 2.24) is 0 Å². The smallest absolute Gasteiger partial charge is 0.161 e. The van der Waals surface area contributed by atoms with Crippen LogP contribution < -0.4 is 0 Å². The molecule has 0 radical (unpaired) electrons. The molecule has 0 aromatic heterocycles. The number of Topliss-reactive ketones (excluding diaryl/α,β-unsaturated/α-hetero) is 1. The fourth-order valence-corrected chi connectivity index (χ4v) is 7.25. The number of fused-ring (bicyclic) bond motifs is 5. The Bertz CT molecular complexity index is 715. The lowest BCUT2D eigenvalue weighted by molar-refractivity contribution is -0.133. The summed E-state index contributed by atoms with van der Waals surface area (Å²) in [5.74, 6) is 1.84. The number of allylic oxidation sites excluding steroid dienone is 4. The molecule has 0 aromatic rings. The van der Waals surface area contributed by atoms with Gasteiger partial charge in [-0.1, -0.05) is 39.8 Å². The minimum atomic E-state index is -0.322. The molecule has 4 rings (SSSR count). The van der Waals surface area contributed by atoms with Gasteiger partial charge in [0.1, 0.15) is 6.61 Å². The number of ketones is 2. The molecule has 4 aliphatic rings. The topological polar surface area (TPSA) is 54.4 Å². The summed E-state index contributed by atoms with van der Waals surface area (Å²) < 4.78 is 0. The SMILES string of the molecule is CC1(C)C[C@@]2(C)C(=CC1=O)C=C[C@H]1[C@@H]3CC[C@H](C(=O)CO)[C@@]3(C)CC[C@@H]12. The van der Waals surface area contributed by atoms with Crippen LogP contribution >= 0.6 is 0 Å². The van der Waals surface area contributed by atoms with E-state index in [1.54, 1.807) is 0 Å². The van der Waals surface area contributed by atoms with Crippen molar-refractivity contribution in [3.8, 4) is 0 Å². The molecule has 0 aliphatic heterocycles. The van der Waals surface area contributed by atoms with Crippen molar-refractivity contribution < 1.29 is 14.7 Å². The number of rotatable bonds is 2. The summed E-state index contributed by atoms with van der Waals surface area (Å²) in [6.45, 7) is 8.49. The third kappa shape index (κ3) is 2.28. The van der Waals surface area contributed by atoms with Gasteiger partial charge in [0.05, 0.1) is 0 Å². The van der Waals surface area contributed by atoms with Crippen LogP contribution in [0, 0.1) is 39.9 Å². The molecule has 0 heterocycles. The third-order valence-corrected chi connectivity index (χ3v) is 8.62. The molecule has 0 unspecified atom stereocenters. The first-order valence-corrected chi connectivity index (χ1v) is 10.2. The fraction of sp³-hybridized carbons (Fsp3) is 0.739. The molecule has 0 bridgehead atoms. The van der Waals surface area contributed by atoms with Crippen molar-refractivity contribution in [2.24, 2.45) is 39.9 Å². The molecule has 2 fully saturated rings. The first-order chi connectivity index (χ1) is 12.1. The highest BCUT2D eigenvalue weighted by atomic mass is 16.3. The number of aliphatic hydroxyl groups is 1. The van der Waals surface area contributed by atoms with Gasteiger partial charge in [-0.15, -0.1) is 0 Å². The summed E-state index contributed by atoms with van der Waals surface area (Å²) in [6.07, 6.45) is 11.5. The van der Waals surface area contributed by atoms with Crippen molar-refractivity contribution in [3.05, 3.63) is 23.8 Å². The molecule has 3 nitrogen and oxygen atoms in total. The second-order valence-electron chi connectivity index (χ2n) is 10.4. The highest BCUT2D eigenvalue weighted by molar-refractivity contribution is 5.96. The van der Waals surface area contributed by atoms with Gasteiger partial charge in [0.2, 0.25) is 0 Å². The average Bonchev–Trinajstić information content (AvgIpc) is 2.92. The van der Waals surface area contributed by atoms with Crippen molar-refractivity contribution >= 4 is 11.6 Å². The zero-order valence-electron chi connectivity index (χ0n) is 16.5. The highest BCUT2D eigenvalue weighted by Crippen LogP contribution is 2.66. The Balaban J connectivity index is 1.72. The molecule has 26 heavy (non-hydrogen) atoms. The van der Waals surface area contributed by atoms with E-state index in [4.69, 9.17) is 0 Å². The molecule has 142 valence electrons. The minimum Gasteiger partial charge on any atom is -0.389 e. The van der Waals surface area contributed by atoms with Crippen molar-refractivity contribution in [2.75, 3.05) is 6.61 Å². The van der Waals surface area contributed by atoms with Gasteiger partial charge in [-0.05, 0) is 72.3 Å². The van der Waals surface area contributed by atoms with Gasteiger partial charge in [0, 0.05) is 11.3 Å². The van der Waals surface area contributed by atoms with Crippen LogP contribution in [0.4, 0.5) is 0 Å². The van der Waals surface area contributed by atoms with Gasteiger partial charge < -0.3 is 5.11 Å². The van der Waals surface area contributed by atoms with E-state index in [9.17, 15) is 14.7 Å². The maximum absolute atomic E-state index is 12.5. The van der Waals surface area contributed by atoms with Gasteiger partial charge in [-0.2, -0.15) is 0 Å². The van der Waals surface area contributed by atoms with Gasteiger partial charge >= 0.3 is 0 Å². The Labute approximate surface area is 156 Å². The van der Waals surface area contributed by atoms with Gasteiger partial charge in [0.25, 0.3) is 0 Å².